The molecule has 0 amide bonds. The van der Waals surface area contributed by atoms with Gasteiger partial charge in [0.25, 0.3) is 0 Å². The van der Waals surface area contributed by atoms with Gasteiger partial charge < -0.3 is 0 Å². The zero-order valence-electron chi connectivity index (χ0n) is 9.13. The van der Waals surface area contributed by atoms with E-state index in [2.05, 4.69) is 31.0 Å². The third-order valence-electron chi connectivity index (χ3n) is 2.53. The van der Waals surface area contributed by atoms with Gasteiger partial charge in [-0.15, -0.1) is 5.10 Å². The lowest BCUT2D eigenvalue weighted by Crippen LogP contribution is -1.95. The third-order valence-corrected chi connectivity index (χ3v) is 3.07. The Labute approximate surface area is 106 Å². The molecule has 1 aromatic carbocycles. The number of rotatable bonds is 1. The molecule has 0 radical (unpaired) electrons. The van der Waals surface area contributed by atoms with Crippen molar-refractivity contribution >= 4 is 21.6 Å². The molecule has 2 heterocycles. The van der Waals surface area contributed by atoms with Gasteiger partial charge in [0.2, 0.25) is 0 Å². The van der Waals surface area contributed by atoms with E-state index in [1.54, 1.807) is 10.7 Å². The molecule has 84 valence electrons. The number of aryl methyl sites for hydroxylation is 1. The largest absolute Gasteiger partial charge is 0.230 e. The summed E-state index contributed by atoms with van der Waals surface area (Å²) in [7, 11) is 0. The molecule has 0 aliphatic rings. The molecule has 3 rings (SSSR count). The van der Waals surface area contributed by atoms with Crippen molar-refractivity contribution < 1.29 is 0 Å². The van der Waals surface area contributed by atoms with Crippen molar-refractivity contribution in [2.75, 3.05) is 0 Å². The minimum Gasteiger partial charge on any atom is -0.230 e. The Morgan fingerprint density at radius 1 is 1.18 bits per heavy atom. The molecule has 17 heavy (non-hydrogen) atoms. The van der Waals surface area contributed by atoms with Gasteiger partial charge in [0.15, 0.2) is 16.2 Å². The second kappa shape index (κ2) is 3.92. The van der Waals surface area contributed by atoms with Crippen LogP contribution in [0.3, 0.4) is 0 Å². The van der Waals surface area contributed by atoms with Crippen molar-refractivity contribution in [1.29, 1.82) is 0 Å². The molecule has 0 fully saturated rings. The predicted molar refractivity (Wildman–Crippen MR) is 68.7 cm³/mol. The first-order valence-corrected chi connectivity index (χ1v) is 5.98. The summed E-state index contributed by atoms with van der Waals surface area (Å²) in [6.45, 7) is 1.97. The molecule has 0 spiro atoms. The fourth-order valence-electron chi connectivity index (χ4n) is 1.67. The molecule has 0 N–H and O–H groups in total. The summed E-state index contributed by atoms with van der Waals surface area (Å²) in [4.78, 5) is 8.72. The molecule has 0 atom stereocenters. The Hall–Kier alpha value is -1.75. The van der Waals surface area contributed by atoms with Gasteiger partial charge in [-0.2, -0.15) is 4.52 Å². The minimum atomic E-state index is 0.660. The average molecular weight is 289 g/mol. The summed E-state index contributed by atoms with van der Waals surface area (Å²) in [5.41, 5.74) is 2.83. The summed E-state index contributed by atoms with van der Waals surface area (Å²) in [6, 6.07) is 9.90. The van der Waals surface area contributed by atoms with E-state index in [-0.39, 0.29) is 0 Å². The van der Waals surface area contributed by atoms with Gasteiger partial charge in [-0.05, 0) is 22.9 Å². The van der Waals surface area contributed by atoms with Crippen molar-refractivity contribution in [3.05, 3.63) is 46.8 Å². The van der Waals surface area contributed by atoms with E-state index >= 15 is 0 Å². The normalized spacial score (nSPS) is 10.9. The second-order valence-electron chi connectivity index (χ2n) is 3.75. The number of hydrogen-bond donors (Lipinski definition) is 0. The lowest BCUT2D eigenvalue weighted by atomic mass is 10.2. The Kier molecular flexibility index (Phi) is 2.40. The van der Waals surface area contributed by atoms with Gasteiger partial charge in [0.1, 0.15) is 0 Å². The van der Waals surface area contributed by atoms with Crippen LogP contribution in [0.4, 0.5) is 0 Å². The molecule has 0 unspecified atom stereocenters. The molecule has 3 aromatic rings. The van der Waals surface area contributed by atoms with Gasteiger partial charge >= 0.3 is 0 Å². The van der Waals surface area contributed by atoms with Crippen LogP contribution in [0.5, 0.6) is 0 Å². The fraction of sp³-hybridized carbons (Fsp3) is 0.0833. The standard InChI is InChI=1S/C12H9BrN4/c1-8-7-14-12(13)17-11(8)15-10(16-17)9-5-3-2-4-6-9/h2-7H,1H3. The van der Waals surface area contributed by atoms with Crippen LogP contribution >= 0.6 is 15.9 Å². The van der Waals surface area contributed by atoms with E-state index in [4.69, 9.17) is 0 Å². The third kappa shape index (κ3) is 1.72. The quantitative estimate of drug-likeness (QED) is 0.647. The lowest BCUT2D eigenvalue weighted by molar-refractivity contribution is 0.884. The first kappa shape index (κ1) is 10.4. The molecule has 0 aliphatic heterocycles. The van der Waals surface area contributed by atoms with Gasteiger partial charge in [-0.1, -0.05) is 30.3 Å². The summed E-state index contributed by atoms with van der Waals surface area (Å²) in [5, 5.41) is 4.44. The fourth-order valence-corrected chi connectivity index (χ4v) is 2.02. The smallest absolute Gasteiger partial charge is 0.199 e. The van der Waals surface area contributed by atoms with Gasteiger partial charge in [-0.3, -0.25) is 0 Å². The summed E-state index contributed by atoms with van der Waals surface area (Å²) in [5.74, 6) is 0.711. The van der Waals surface area contributed by atoms with Crippen LogP contribution in [-0.2, 0) is 0 Å². The SMILES string of the molecule is Cc1cnc(Br)n2nc(-c3ccccc3)nc12. The minimum absolute atomic E-state index is 0.660. The van der Waals surface area contributed by atoms with E-state index in [0.29, 0.717) is 10.6 Å². The van der Waals surface area contributed by atoms with Crippen LogP contribution < -0.4 is 0 Å². The Bertz CT molecular complexity index is 637. The zero-order valence-corrected chi connectivity index (χ0v) is 10.7. The highest BCUT2D eigenvalue weighted by molar-refractivity contribution is 9.10. The Morgan fingerprint density at radius 2 is 1.94 bits per heavy atom. The molecule has 0 saturated heterocycles. The molecule has 0 bridgehead atoms. The highest BCUT2D eigenvalue weighted by Gasteiger charge is 2.10. The number of fused-ring (bicyclic) bond motifs is 1. The molecule has 0 aliphatic carbocycles. The van der Waals surface area contributed by atoms with Crippen molar-refractivity contribution in [1.82, 2.24) is 19.6 Å². The molecule has 0 saturated carbocycles. The summed E-state index contributed by atoms with van der Waals surface area (Å²) < 4.78 is 2.37. The molecule has 2 aromatic heterocycles. The maximum absolute atomic E-state index is 4.53. The Morgan fingerprint density at radius 3 is 2.65 bits per heavy atom. The van der Waals surface area contributed by atoms with E-state index in [1.807, 2.05) is 37.3 Å². The first-order chi connectivity index (χ1) is 8.25. The van der Waals surface area contributed by atoms with Crippen molar-refractivity contribution in [3.8, 4) is 11.4 Å². The van der Waals surface area contributed by atoms with Gasteiger partial charge in [-0.25, -0.2) is 9.97 Å². The van der Waals surface area contributed by atoms with Crippen LogP contribution in [0.2, 0.25) is 0 Å². The summed E-state index contributed by atoms with van der Waals surface area (Å²) in [6.07, 6.45) is 1.78. The van der Waals surface area contributed by atoms with Crippen LogP contribution in [-0.4, -0.2) is 19.6 Å². The van der Waals surface area contributed by atoms with E-state index < -0.39 is 0 Å². The van der Waals surface area contributed by atoms with Crippen LogP contribution in [0, 0.1) is 6.92 Å². The molecular formula is C12H9BrN4. The monoisotopic (exact) mass is 288 g/mol. The number of benzene rings is 1. The molecule has 5 heteroatoms. The van der Waals surface area contributed by atoms with Crippen molar-refractivity contribution in [2.24, 2.45) is 0 Å². The predicted octanol–water partition coefficient (Wildman–Crippen LogP) is 2.86. The maximum atomic E-state index is 4.53. The number of aromatic nitrogens is 4. The number of halogens is 1. The number of hydrogen-bond acceptors (Lipinski definition) is 3. The topological polar surface area (TPSA) is 43.1 Å². The van der Waals surface area contributed by atoms with Crippen LogP contribution in [0.25, 0.3) is 17.0 Å². The average Bonchev–Trinajstić information content (AvgIpc) is 2.81. The van der Waals surface area contributed by atoms with E-state index in [9.17, 15) is 0 Å². The Balaban J connectivity index is 2.27. The highest BCUT2D eigenvalue weighted by atomic mass is 79.9. The molecule has 4 nitrogen and oxygen atoms in total. The summed E-state index contributed by atoms with van der Waals surface area (Å²) >= 11 is 3.37. The van der Waals surface area contributed by atoms with Crippen LogP contribution in [0.15, 0.2) is 41.3 Å². The van der Waals surface area contributed by atoms with Crippen LogP contribution in [0.1, 0.15) is 5.56 Å². The van der Waals surface area contributed by atoms with Crippen molar-refractivity contribution in [3.63, 3.8) is 0 Å². The van der Waals surface area contributed by atoms with Gasteiger partial charge in [0.05, 0.1) is 0 Å². The lowest BCUT2D eigenvalue weighted by Gasteiger charge is -1.96. The number of nitrogens with zero attached hydrogens (tertiary/aromatic N) is 4. The van der Waals surface area contributed by atoms with Crippen molar-refractivity contribution in [2.45, 2.75) is 6.92 Å². The zero-order chi connectivity index (χ0) is 11.8. The first-order valence-electron chi connectivity index (χ1n) is 5.19. The van der Waals surface area contributed by atoms with E-state index in [1.165, 1.54) is 0 Å². The van der Waals surface area contributed by atoms with Gasteiger partial charge in [0, 0.05) is 17.3 Å². The molecular weight excluding hydrogens is 280 g/mol. The maximum Gasteiger partial charge on any atom is 0.199 e. The second-order valence-corrected chi connectivity index (χ2v) is 4.46. The van der Waals surface area contributed by atoms with E-state index in [0.717, 1.165) is 16.8 Å². The highest BCUT2D eigenvalue weighted by Crippen LogP contribution is 2.19.